The first-order valence-electron chi connectivity index (χ1n) is 7.28. The fourth-order valence-electron chi connectivity index (χ4n) is 2.65. The number of imidazole rings is 1. The Labute approximate surface area is 118 Å². The Morgan fingerprint density at radius 1 is 1.50 bits per heavy atom. The summed E-state index contributed by atoms with van der Waals surface area (Å²) in [5, 5.41) is 0. The molecule has 5 heteroatoms. The molecule has 1 fully saturated rings. The molecule has 5 nitrogen and oxygen atoms in total. The number of nitrogens with zero attached hydrogens (tertiary/aromatic N) is 2. The van der Waals surface area contributed by atoms with E-state index in [1.165, 1.54) is 0 Å². The topological polar surface area (TPSA) is 62.3 Å². The standard InChI is InChI=1S/C15H21N3O2/c1-2-8-20-13-7-3-6-12-14(13)17-15(16)18(12)10-11-5-4-9-19-11/h3,6-7,11H,2,4-5,8-10H2,1H3,(H2,16,17). The minimum Gasteiger partial charge on any atom is -0.491 e. The summed E-state index contributed by atoms with van der Waals surface area (Å²) >= 11 is 0. The van der Waals surface area contributed by atoms with Crippen LogP contribution in [-0.2, 0) is 11.3 Å². The van der Waals surface area contributed by atoms with Crippen molar-refractivity contribution in [2.75, 3.05) is 18.9 Å². The second-order valence-electron chi connectivity index (χ2n) is 5.19. The van der Waals surface area contributed by atoms with Crippen molar-refractivity contribution in [2.45, 2.75) is 38.8 Å². The number of aromatic nitrogens is 2. The number of fused-ring (bicyclic) bond motifs is 1. The van der Waals surface area contributed by atoms with E-state index in [4.69, 9.17) is 15.2 Å². The number of anilines is 1. The van der Waals surface area contributed by atoms with Crippen LogP contribution in [0.4, 0.5) is 5.95 Å². The minimum absolute atomic E-state index is 0.245. The fourth-order valence-corrected chi connectivity index (χ4v) is 2.65. The van der Waals surface area contributed by atoms with Gasteiger partial charge in [-0.25, -0.2) is 4.98 Å². The Bertz CT molecular complexity index is 588. The zero-order valence-electron chi connectivity index (χ0n) is 11.8. The number of rotatable bonds is 5. The zero-order valence-corrected chi connectivity index (χ0v) is 11.8. The Morgan fingerprint density at radius 2 is 2.40 bits per heavy atom. The third-order valence-corrected chi connectivity index (χ3v) is 3.64. The number of hydrogen-bond acceptors (Lipinski definition) is 4. The summed E-state index contributed by atoms with van der Waals surface area (Å²) in [4.78, 5) is 4.47. The molecule has 3 rings (SSSR count). The summed E-state index contributed by atoms with van der Waals surface area (Å²) in [6.07, 6.45) is 3.44. The first-order valence-corrected chi connectivity index (χ1v) is 7.28. The van der Waals surface area contributed by atoms with Gasteiger partial charge in [-0.05, 0) is 31.4 Å². The van der Waals surface area contributed by atoms with E-state index < -0.39 is 0 Å². The molecular formula is C15H21N3O2. The van der Waals surface area contributed by atoms with Gasteiger partial charge in [-0.3, -0.25) is 0 Å². The second kappa shape index (κ2) is 5.71. The number of nitrogen functional groups attached to an aromatic ring is 1. The number of para-hydroxylation sites is 1. The molecule has 0 aliphatic carbocycles. The molecule has 108 valence electrons. The maximum Gasteiger partial charge on any atom is 0.201 e. The molecular weight excluding hydrogens is 254 g/mol. The van der Waals surface area contributed by atoms with Gasteiger partial charge in [-0.2, -0.15) is 0 Å². The summed E-state index contributed by atoms with van der Waals surface area (Å²) in [6, 6.07) is 5.97. The molecule has 1 aromatic carbocycles. The van der Waals surface area contributed by atoms with Crippen LogP contribution < -0.4 is 10.5 Å². The maximum absolute atomic E-state index is 6.07. The van der Waals surface area contributed by atoms with Gasteiger partial charge in [0, 0.05) is 6.61 Å². The van der Waals surface area contributed by atoms with Crippen LogP contribution in [0.25, 0.3) is 11.0 Å². The number of nitrogens with two attached hydrogens (primary N) is 1. The number of hydrogen-bond donors (Lipinski definition) is 1. The molecule has 1 atom stereocenters. The van der Waals surface area contributed by atoms with Crippen LogP contribution in [0.2, 0.25) is 0 Å². The molecule has 0 radical (unpaired) electrons. The van der Waals surface area contributed by atoms with Gasteiger partial charge in [0.2, 0.25) is 5.95 Å². The van der Waals surface area contributed by atoms with E-state index in [0.29, 0.717) is 12.6 Å². The Hall–Kier alpha value is -1.75. The van der Waals surface area contributed by atoms with Crippen molar-refractivity contribution in [3.63, 3.8) is 0 Å². The molecule has 2 N–H and O–H groups in total. The number of ether oxygens (including phenoxy) is 2. The summed E-state index contributed by atoms with van der Waals surface area (Å²) in [5.74, 6) is 1.34. The molecule has 2 heterocycles. The lowest BCUT2D eigenvalue weighted by Crippen LogP contribution is -2.16. The lowest BCUT2D eigenvalue weighted by molar-refractivity contribution is 0.0984. The molecule has 1 aliphatic rings. The lowest BCUT2D eigenvalue weighted by Gasteiger charge is -2.12. The van der Waals surface area contributed by atoms with Gasteiger partial charge >= 0.3 is 0 Å². The van der Waals surface area contributed by atoms with Crippen molar-refractivity contribution in [3.05, 3.63) is 18.2 Å². The molecule has 1 aromatic heterocycles. The SMILES string of the molecule is CCCOc1cccc2c1nc(N)n2CC1CCCO1. The van der Waals surface area contributed by atoms with Gasteiger partial charge in [0.15, 0.2) is 0 Å². The van der Waals surface area contributed by atoms with E-state index in [1.807, 2.05) is 22.8 Å². The molecule has 0 saturated carbocycles. The minimum atomic E-state index is 0.245. The van der Waals surface area contributed by atoms with Crippen molar-refractivity contribution in [1.29, 1.82) is 0 Å². The predicted octanol–water partition coefficient (Wildman–Crippen LogP) is 2.59. The molecule has 0 bridgehead atoms. The average Bonchev–Trinajstić information content (AvgIpc) is 3.06. The molecule has 2 aromatic rings. The summed E-state index contributed by atoms with van der Waals surface area (Å²) in [7, 11) is 0. The van der Waals surface area contributed by atoms with Crippen molar-refractivity contribution in [2.24, 2.45) is 0 Å². The van der Waals surface area contributed by atoms with Crippen molar-refractivity contribution in [3.8, 4) is 5.75 Å². The van der Waals surface area contributed by atoms with Crippen molar-refractivity contribution >= 4 is 17.0 Å². The van der Waals surface area contributed by atoms with Crippen LogP contribution in [0, 0.1) is 0 Å². The van der Waals surface area contributed by atoms with E-state index in [1.54, 1.807) is 0 Å². The normalized spacial score (nSPS) is 18.8. The average molecular weight is 275 g/mol. The third-order valence-electron chi connectivity index (χ3n) is 3.64. The Kier molecular flexibility index (Phi) is 3.78. The van der Waals surface area contributed by atoms with Crippen LogP contribution >= 0.6 is 0 Å². The summed E-state index contributed by atoms with van der Waals surface area (Å²) in [5.41, 5.74) is 7.93. The van der Waals surface area contributed by atoms with Crippen LogP contribution in [0.15, 0.2) is 18.2 Å². The molecule has 1 saturated heterocycles. The van der Waals surface area contributed by atoms with Gasteiger partial charge in [0.05, 0.1) is 24.8 Å². The van der Waals surface area contributed by atoms with Crippen LogP contribution in [0.5, 0.6) is 5.75 Å². The first-order chi connectivity index (χ1) is 9.79. The van der Waals surface area contributed by atoms with E-state index in [0.717, 1.165) is 49.2 Å². The second-order valence-corrected chi connectivity index (χ2v) is 5.19. The van der Waals surface area contributed by atoms with Gasteiger partial charge < -0.3 is 19.8 Å². The smallest absolute Gasteiger partial charge is 0.201 e. The monoisotopic (exact) mass is 275 g/mol. The van der Waals surface area contributed by atoms with Crippen LogP contribution in [0.3, 0.4) is 0 Å². The lowest BCUT2D eigenvalue weighted by atomic mass is 10.2. The van der Waals surface area contributed by atoms with Crippen molar-refractivity contribution < 1.29 is 9.47 Å². The highest BCUT2D eigenvalue weighted by Crippen LogP contribution is 2.28. The van der Waals surface area contributed by atoms with E-state index in [2.05, 4.69) is 11.9 Å². The Balaban J connectivity index is 1.93. The number of benzene rings is 1. The summed E-state index contributed by atoms with van der Waals surface area (Å²) < 4.78 is 13.5. The highest BCUT2D eigenvalue weighted by atomic mass is 16.5. The van der Waals surface area contributed by atoms with Gasteiger partial charge in [0.25, 0.3) is 0 Å². The molecule has 0 amide bonds. The van der Waals surface area contributed by atoms with Crippen molar-refractivity contribution in [1.82, 2.24) is 9.55 Å². The van der Waals surface area contributed by atoms with Crippen LogP contribution in [-0.4, -0.2) is 28.9 Å². The van der Waals surface area contributed by atoms with Crippen LogP contribution in [0.1, 0.15) is 26.2 Å². The van der Waals surface area contributed by atoms with E-state index in [-0.39, 0.29) is 6.10 Å². The van der Waals surface area contributed by atoms with Gasteiger partial charge in [-0.1, -0.05) is 13.0 Å². The van der Waals surface area contributed by atoms with E-state index >= 15 is 0 Å². The van der Waals surface area contributed by atoms with Gasteiger partial charge in [-0.15, -0.1) is 0 Å². The Morgan fingerprint density at radius 3 is 3.15 bits per heavy atom. The highest BCUT2D eigenvalue weighted by Gasteiger charge is 2.20. The first kappa shape index (κ1) is 13.2. The quantitative estimate of drug-likeness (QED) is 0.911. The third kappa shape index (κ3) is 2.45. The fraction of sp³-hybridized carbons (Fsp3) is 0.533. The zero-order chi connectivity index (χ0) is 13.9. The molecule has 1 aliphatic heterocycles. The molecule has 1 unspecified atom stereocenters. The van der Waals surface area contributed by atoms with Gasteiger partial charge in [0.1, 0.15) is 11.3 Å². The maximum atomic E-state index is 6.07. The van der Waals surface area contributed by atoms with E-state index in [9.17, 15) is 0 Å². The largest absolute Gasteiger partial charge is 0.491 e. The summed E-state index contributed by atoms with van der Waals surface area (Å²) in [6.45, 7) is 4.39. The molecule has 0 spiro atoms. The highest BCUT2D eigenvalue weighted by molar-refractivity contribution is 5.84. The predicted molar refractivity (Wildman–Crippen MR) is 78.9 cm³/mol. The molecule has 20 heavy (non-hydrogen) atoms.